The van der Waals surface area contributed by atoms with E-state index in [1.54, 1.807) is 27.7 Å². The number of carbonyl (C=O) groups is 6. The van der Waals surface area contributed by atoms with Crippen molar-refractivity contribution in [3.05, 3.63) is 0 Å². The fraction of sp³-hybridized carbons (Fsp3) is 0.714. The van der Waals surface area contributed by atoms with Gasteiger partial charge < -0.3 is 31.1 Å². The first-order valence-corrected chi connectivity index (χ1v) is 10.9. The SMILES string of the molecule is CC(C)C(NC(=O)CCC(=O)O)C(=O)NCCCNCC(=O)N(CC(=O)CC(=O)O)C(C)C. The average Bonchev–Trinajstić information content (AvgIpc) is 2.69. The maximum atomic E-state index is 12.3. The van der Waals surface area contributed by atoms with Gasteiger partial charge in [0.1, 0.15) is 12.5 Å². The number of carboxylic acids is 2. The molecular weight excluding hydrogens is 436 g/mol. The number of ketones is 1. The molecule has 0 aromatic rings. The lowest BCUT2D eigenvalue weighted by molar-refractivity contribution is -0.143. The lowest BCUT2D eigenvalue weighted by atomic mass is 10.0. The summed E-state index contributed by atoms with van der Waals surface area (Å²) in [7, 11) is 0. The third-order valence-corrected chi connectivity index (χ3v) is 4.58. The summed E-state index contributed by atoms with van der Waals surface area (Å²) in [5.41, 5.74) is 0. The van der Waals surface area contributed by atoms with Crippen molar-refractivity contribution in [3.63, 3.8) is 0 Å². The second kappa shape index (κ2) is 15.7. The Hall–Kier alpha value is -3.02. The molecule has 0 aromatic carbocycles. The Morgan fingerprint density at radius 3 is 2.03 bits per heavy atom. The summed E-state index contributed by atoms with van der Waals surface area (Å²) in [5, 5.41) is 25.5. The van der Waals surface area contributed by atoms with E-state index < -0.39 is 36.1 Å². The normalized spacial score (nSPS) is 11.7. The van der Waals surface area contributed by atoms with Crippen LogP contribution in [0.3, 0.4) is 0 Å². The predicted molar refractivity (Wildman–Crippen MR) is 118 cm³/mol. The minimum atomic E-state index is -1.24. The van der Waals surface area contributed by atoms with Gasteiger partial charge in [-0.2, -0.15) is 0 Å². The quantitative estimate of drug-likeness (QED) is 0.136. The summed E-state index contributed by atoms with van der Waals surface area (Å²) in [4.78, 5) is 70.7. The number of aliphatic carboxylic acids is 2. The highest BCUT2D eigenvalue weighted by Gasteiger charge is 2.24. The number of nitrogens with one attached hydrogen (secondary N) is 3. The van der Waals surface area contributed by atoms with E-state index in [0.29, 0.717) is 19.5 Å². The van der Waals surface area contributed by atoms with Gasteiger partial charge in [-0.05, 0) is 32.7 Å². The highest BCUT2D eigenvalue weighted by molar-refractivity contribution is 5.97. The largest absolute Gasteiger partial charge is 0.481 e. The lowest BCUT2D eigenvalue weighted by Gasteiger charge is -2.26. The second-order valence-electron chi connectivity index (χ2n) is 8.23. The van der Waals surface area contributed by atoms with Gasteiger partial charge in [0.05, 0.1) is 19.5 Å². The molecule has 0 saturated carbocycles. The van der Waals surface area contributed by atoms with Gasteiger partial charge in [-0.3, -0.25) is 28.8 Å². The third-order valence-electron chi connectivity index (χ3n) is 4.58. The molecule has 0 bridgehead atoms. The fourth-order valence-corrected chi connectivity index (χ4v) is 2.81. The van der Waals surface area contributed by atoms with E-state index in [9.17, 15) is 28.8 Å². The summed E-state index contributed by atoms with van der Waals surface area (Å²) in [6.07, 6.45) is -0.666. The van der Waals surface area contributed by atoms with Crippen LogP contribution >= 0.6 is 0 Å². The number of hydrogen-bond donors (Lipinski definition) is 5. The molecule has 1 atom stereocenters. The number of amides is 3. The van der Waals surface area contributed by atoms with E-state index in [0.717, 1.165) is 0 Å². The molecule has 12 nitrogen and oxygen atoms in total. The Morgan fingerprint density at radius 2 is 1.52 bits per heavy atom. The molecule has 1 unspecified atom stereocenters. The van der Waals surface area contributed by atoms with E-state index in [4.69, 9.17) is 10.2 Å². The van der Waals surface area contributed by atoms with E-state index in [1.165, 1.54) is 4.90 Å². The maximum Gasteiger partial charge on any atom is 0.310 e. The van der Waals surface area contributed by atoms with Crippen LogP contribution in [0.5, 0.6) is 0 Å². The van der Waals surface area contributed by atoms with Crippen LogP contribution in [0.1, 0.15) is 53.4 Å². The number of rotatable bonds is 17. The zero-order chi connectivity index (χ0) is 25.6. The zero-order valence-electron chi connectivity index (χ0n) is 19.7. The standard InChI is InChI=1S/C21H36N4O8/c1-13(2)20(24-16(27)6-7-18(29)30)21(33)23-9-5-8-22-11-17(28)25(14(3)4)12-15(26)10-19(31)32/h13-14,20,22H,5-12H2,1-4H3,(H,23,33)(H,24,27)(H,29,30)(H,31,32). The van der Waals surface area contributed by atoms with Crippen molar-refractivity contribution in [1.29, 1.82) is 0 Å². The molecule has 0 rings (SSSR count). The molecule has 0 spiro atoms. The Morgan fingerprint density at radius 1 is 0.879 bits per heavy atom. The van der Waals surface area contributed by atoms with Crippen LogP contribution in [0.2, 0.25) is 0 Å². The van der Waals surface area contributed by atoms with E-state index in [-0.39, 0.29) is 49.7 Å². The molecular formula is C21H36N4O8. The molecule has 12 heteroatoms. The van der Waals surface area contributed by atoms with Crippen LogP contribution in [-0.4, -0.2) is 88.8 Å². The highest BCUT2D eigenvalue weighted by atomic mass is 16.4. The molecule has 0 saturated heterocycles. The van der Waals surface area contributed by atoms with Crippen molar-refractivity contribution in [1.82, 2.24) is 20.9 Å². The Labute approximate surface area is 193 Å². The van der Waals surface area contributed by atoms with Crippen LogP contribution in [-0.2, 0) is 28.8 Å². The van der Waals surface area contributed by atoms with Gasteiger partial charge in [0.2, 0.25) is 17.7 Å². The van der Waals surface area contributed by atoms with E-state index in [2.05, 4.69) is 16.0 Å². The Kier molecular flexibility index (Phi) is 14.3. The van der Waals surface area contributed by atoms with Gasteiger partial charge in [-0.25, -0.2) is 0 Å². The molecule has 188 valence electrons. The van der Waals surface area contributed by atoms with Gasteiger partial charge in [0, 0.05) is 19.0 Å². The van der Waals surface area contributed by atoms with Gasteiger partial charge in [-0.1, -0.05) is 13.8 Å². The first-order chi connectivity index (χ1) is 15.3. The van der Waals surface area contributed by atoms with Gasteiger partial charge in [-0.15, -0.1) is 0 Å². The minimum Gasteiger partial charge on any atom is -0.481 e. The summed E-state index contributed by atoms with van der Waals surface area (Å²) in [6, 6.07) is -1.06. The maximum absolute atomic E-state index is 12.3. The third kappa shape index (κ3) is 13.9. The highest BCUT2D eigenvalue weighted by Crippen LogP contribution is 2.03. The molecule has 3 amide bonds. The zero-order valence-corrected chi connectivity index (χ0v) is 19.7. The summed E-state index contributed by atoms with van der Waals surface area (Å²) >= 11 is 0. The number of Topliss-reactive ketones (excluding diaryl/α,β-unsaturated/α-hetero) is 1. The molecule has 0 aliphatic carbocycles. The first-order valence-electron chi connectivity index (χ1n) is 10.9. The van der Waals surface area contributed by atoms with Gasteiger partial charge >= 0.3 is 11.9 Å². The molecule has 0 aliphatic rings. The van der Waals surface area contributed by atoms with E-state index >= 15 is 0 Å². The Bertz CT molecular complexity index is 708. The molecule has 0 fully saturated rings. The van der Waals surface area contributed by atoms with Crippen molar-refractivity contribution < 1.29 is 39.0 Å². The first kappa shape index (κ1) is 30.0. The van der Waals surface area contributed by atoms with Crippen molar-refractivity contribution in [2.45, 2.75) is 65.5 Å². The molecule has 5 N–H and O–H groups in total. The minimum absolute atomic E-state index is 0.0409. The van der Waals surface area contributed by atoms with Crippen molar-refractivity contribution in [2.24, 2.45) is 5.92 Å². The fourth-order valence-electron chi connectivity index (χ4n) is 2.81. The summed E-state index contributed by atoms with van der Waals surface area (Å²) < 4.78 is 0. The van der Waals surface area contributed by atoms with Gasteiger partial charge in [0.25, 0.3) is 0 Å². The van der Waals surface area contributed by atoms with Crippen LogP contribution in [0.15, 0.2) is 0 Å². The van der Waals surface area contributed by atoms with Gasteiger partial charge in [0.15, 0.2) is 5.78 Å². The number of carboxylic acid groups (broad SMARTS) is 2. The molecule has 0 aliphatic heterocycles. The van der Waals surface area contributed by atoms with Crippen LogP contribution in [0.25, 0.3) is 0 Å². The number of hydrogen-bond acceptors (Lipinski definition) is 7. The molecule has 0 radical (unpaired) electrons. The van der Waals surface area contributed by atoms with E-state index in [1.807, 2.05) is 0 Å². The Balaban J connectivity index is 4.36. The second-order valence-corrected chi connectivity index (χ2v) is 8.23. The van der Waals surface area contributed by atoms with Crippen molar-refractivity contribution >= 4 is 35.4 Å². The predicted octanol–water partition coefficient (Wildman–Crippen LogP) is -0.631. The summed E-state index contributed by atoms with van der Waals surface area (Å²) in [6.45, 7) is 7.36. The topological polar surface area (TPSA) is 182 Å². The van der Waals surface area contributed by atoms with Crippen LogP contribution in [0.4, 0.5) is 0 Å². The lowest BCUT2D eigenvalue weighted by Crippen LogP contribution is -2.50. The van der Waals surface area contributed by atoms with Crippen molar-refractivity contribution in [3.8, 4) is 0 Å². The smallest absolute Gasteiger partial charge is 0.310 e. The number of carbonyl (C=O) groups excluding carboxylic acids is 4. The monoisotopic (exact) mass is 472 g/mol. The molecule has 0 aromatic heterocycles. The summed E-state index contributed by atoms with van der Waals surface area (Å²) in [5.74, 6) is -4.31. The molecule has 0 heterocycles. The van der Waals surface area contributed by atoms with Crippen molar-refractivity contribution in [2.75, 3.05) is 26.2 Å². The van der Waals surface area contributed by atoms with Crippen LogP contribution < -0.4 is 16.0 Å². The molecule has 33 heavy (non-hydrogen) atoms. The van der Waals surface area contributed by atoms with Crippen LogP contribution in [0, 0.1) is 5.92 Å². The number of nitrogens with zero attached hydrogens (tertiary/aromatic N) is 1. The average molecular weight is 473 g/mol.